The summed E-state index contributed by atoms with van der Waals surface area (Å²) < 4.78 is 6.28. The van der Waals surface area contributed by atoms with Crippen molar-refractivity contribution in [2.75, 3.05) is 0 Å². The van der Waals surface area contributed by atoms with E-state index in [2.05, 4.69) is 29.6 Å². The lowest BCUT2D eigenvalue weighted by Gasteiger charge is -2.21. The lowest BCUT2D eigenvalue weighted by atomic mass is 10.1. The lowest BCUT2D eigenvalue weighted by Crippen LogP contribution is -2.29. The van der Waals surface area contributed by atoms with Crippen LogP contribution in [0.25, 0.3) is 0 Å². The third-order valence-corrected chi connectivity index (χ3v) is 4.50. The summed E-state index contributed by atoms with van der Waals surface area (Å²) in [7, 11) is -1.76. The van der Waals surface area contributed by atoms with Crippen LogP contribution >= 0.6 is 0 Å². The first-order chi connectivity index (χ1) is 12.4. The minimum atomic E-state index is -1.76. The van der Waals surface area contributed by atoms with Crippen LogP contribution in [0, 0.1) is 6.92 Å². The standard InChI is InChI=1S/C21H23N3OSi/c1-16-10-8-13-18(25-26(2,3)4)19(16)24-20(17-11-6-5-7-12-17)21-22-14-9-15-23-21/h5-15H,1-4H3. The average Bonchev–Trinajstić information content (AvgIpc) is 2.62. The quantitative estimate of drug-likeness (QED) is 0.465. The summed E-state index contributed by atoms with van der Waals surface area (Å²) in [5, 5.41) is 0. The van der Waals surface area contributed by atoms with E-state index in [1.54, 1.807) is 18.5 Å². The van der Waals surface area contributed by atoms with Gasteiger partial charge in [-0.05, 0) is 44.3 Å². The second-order valence-electron chi connectivity index (χ2n) is 7.03. The fourth-order valence-electron chi connectivity index (χ4n) is 2.56. The molecular weight excluding hydrogens is 338 g/mol. The molecule has 0 amide bonds. The molecule has 0 fully saturated rings. The molecule has 1 heterocycles. The number of aromatic nitrogens is 2. The largest absolute Gasteiger partial charge is 0.543 e. The number of hydrogen-bond donors (Lipinski definition) is 0. The first-order valence-corrected chi connectivity index (χ1v) is 12.0. The maximum absolute atomic E-state index is 6.28. The van der Waals surface area contributed by atoms with Crippen molar-refractivity contribution in [3.63, 3.8) is 0 Å². The minimum Gasteiger partial charge on any atom is -0.543 e. The second kappa shape index (κ2) is 7.62. The highest BCUT2D eigenvalue weighted by Crippen LogP contribution is 2.34. The van der Waals surface area contributed by atoms with E-state index < -0.39 is 8.32 Å². The van der Waals surface area contributed by atoms with Crippen LogP contribution in [0.3, 0.4) is 0 Å². The number of para-hydroxylation sites is 1. The number of hydrogen-bond acceptors (Lipinski definition) is 4. The number of nitrogens with zero attached hydrogens (tertiary/aromatic N) is 3. The highest BCUT2D eigenvalue weighted by molar-refractivity contribution is 6.70. The summed E-state index contributed by atoms with van der Waals surface area (Å²) in [5.41, 5.74) is 3.60. The summed E-state index contributed by atoms with van der Waals surface area (Å²) in [6.07, 6.45) is 3.47. The third kappa shape index (κ3) is 4.43. The molecule has 0 N–H and O–H groups in total. The molecule has 0 aliphatic rings. The predicted octanol–water partition coefficient (Wildman–Crippen LogP) is 5.17. The molecule has 0 unspecified atom stereocenters. The van der Waals surface area contributed by atoms with E-state index in [0.717, 1.165) is 28.3 Å². The Labute approximate surface area is 155 Å². The van der Waals surface area contributed by atoms with Crippen LogP contribution in [0.15, 0.2) is 72.0 Å². The average molecular weight is 362 g/mol. The molecule has 0 bridgehead atoms. The van der Waals surface area contributed by atoms with Gasteiger partial charge in [0.1, 0.15) is 17.1 Å². The van der Waals surface area contributed by atoms with Crippen molar-refractivity contribution < 1.29 is 4.43 Å². The molecule has 5 heteroatoms. The van der Waals surface area contributed by atoms with Crippen LogP contribution in [0.2, 0.25) is 19.6 Å². The fourth-order valence-corrected chi connectivity index (χ4v) is 3.38. The van der Waals surface area contributed by atoms with E-state index >= 15 is 0 Å². The molecule has 0 spiro atoms. The fraction of sp³-hybridized carbons (Fsp3) is 0.190. The zero-order valence-electron chi connectivity index (χ0n) is 15.6. The normalized spacial score (nSPS) is 12.1. The lowest BCUT2D eigenvalue weighted by molar-refractivity contribution is 0.558. The minimum absolute atomic E-state index is 0.598. The first-order valence-electron chi connectivity index (χ1n) is 8.64. The summed E-state index contributed by atoms with van der Waals surface area (Å²) in [6, 6.07) is 17.9. The SMILES string of the molecule is Cc1cccc(O[Si](C)(C)C)c1N=C(c1ccccc1)c1ncccn1. The Morgan fingerprint density at radius 2 is 1.58 bits per heavy atom. The number of benzene rings is 2. The number of aryl methyl sites for hydroxylation is 1. The van der Waals surface area contributed by atoms with Crippen molar-refractivity contribution in [3.8, 4) is 5.75 Å². The Balaban J connectivity index is 2.18. The molecule has 0 saturated carbocycles. The van der Waals surface area contributed by atoms with Crippen LogP contribution in [0.4, 0.5) is 5.69 Å². The third-order valence-electron chi connectivity index (χ3n) is 3.67. The van der Waals surface area contributed by atoms with Crippen molar-refractivity contribution in [3.05, 3.63) is 83.9 Å². The molecule has 0 aliphatic heterocycles. The van der Waals surface area contributed by atoms with E-state index in [1.807, 2.05) is 55.5 Å². The monoisotopic (exact) mass is 361 g/mol. The topological polar surface area (TPSA) is 47.4 Å². The maximum atomic E-state index is 6.28. The van der Waals surface area contributed by atoms with Crippen LogP contribution in [-0.4, -0.2) is 24.0 Å². The molecule has 3 rings (SSSR count). The summed E-state index contributed by atoms with van der Waals surface area (Å²) in [4.78, 5) is 13.8. The molecule has 0 radical (unpaired) electrons. The Hall–Kier alpha value is -2.79. The Morgan fingerprint density at radius 3 is 2.23 bits per heavy atom. The van der Waals surface area contributed by atoms with Gasteiger partial charge in [-0.2, -0.15) is 0 Å². The van der Waals surface area contributed by atoms with Gasteiger partial charge in [-0.15, -0.1) is 0 Å². The summed E-state index contributed by atoms with van der Waals surface area (Å²) in [5.74, 6) is 1.41. The van der Waals surface area contributed by atoms with Gasteiger partial charge in [0.05, 0.1) is 0 Å². The van der Waals surface area contributed by atoms with Crippen LogP contribution in [-0.2, 0) is 0 Å². The van der Waals surface area contributed by atoms with Gasteiger partial charge in [0, 0.05) is 18.0 Å². The molecule has 2 aromatic carbocycles. The molecule has 1 aromatic heterocycles. The number of aliphatic imine (C=N–C) groups is 1. The predicted molar refractivity (Wildman–Crippen MR) is 109 cm³/mol. The van der Waals surface area contributed by atoms with Crippen molar-refractivity contribution in [1.29, 1.82) is 0 Å². The van der Waals surface area contributed by atoms with Crippen molar-refractivity contribution in [2.45, 2.75) is 26.6 Å². The Kier molecular flexibility index (Phi) is 5.28. The van der Waals surface area contributed by atoms with Gasteiger partial charge >= 0.3 is 0 Å². The van der Waals surface area contributed by atoms with Gasteiger partial charge in [-0.3, -0.25) is 0 Å². The van der Waals surface area contributed by atoms with E-state index in [-0.39, 0.29) is 0 Å². The molecule has 0 aliphatic carbocycles. The van der Waals surface area contributed by atoms with E-state index in [4.69, 9.17) is 9.42 Å². The molecular formula is C21H23N3OSi. The van der Waals surface area contributed by atoms with Gasteiger partial charge in [-0.25, -0.2) is 15.0 Å². The zero-order chi connectivity index (χ0) is 18.6. The van der Waals surface area contributed by atoms with Gasteiger partial charge < -0.3 is 4.43 Å². The van der Waals surface area contributed by atoms with Gasteiger partial charge in [0.15, 0.2) is 5.82 Å². The first kappa shape index (κ1) is 18.0. The summed E-state index contributed by atoms with van der Waals surface area (Å²) in [6.45, 7) is 8.55. The van der Waals surface area contributed by atoms with Gasteiger partial charge in [0.25, 0.3) is 0 Å². The number of rotatable bonds is 5. The molecule has 3 aromatic rings. The summed E-state index contributed by atoms with van der Waals surface area (Å²) >= 11 is 0. The smallest absolute Gasteiger partial charge is 0.242 e. The highest BCUT2D eigenvalue weighted by Gasteiger charge is 2.20. The van der Waals surface area contributed by atoms with Crippen molar-refractivity contribution >= 4 is 19.7 Å². The molecule has 132 valence electrons. The molecule has 4 nitrogen and oxygen atoms in total. The van der Waals surface area contributed by atoms with Gasteiger partial charge in [0.2, 0.25) is 8.32 Å². The second-order valence-corrected chi connectivity index (χ2v) is 11.5. The van der Waals surface area contributed by atoms with E-state index in [0.29, 0.717) is 5.82 Å². The van der Waals surface area contributed by atoms with E-state index in [9.17, 15) is 0 Å². The van der Waals surface area contributed by atoms with Crippen LogP contribution in [0.1, 0.15) is 17.0 Å². The highest BCUT2D eigenvalue weighted by atomic mass is 28.4. The van der Waals surface area contributed by atoms with Gasteiger partial charge in [-0.1, -0.05) is 42.5 Å². The van der Waals surface area contributed by atoms with Crippen LogP contribution < -0.4 is 4.43 Å². The molecule has 0 atom stereocenters. The Bertz CT molecular complexity index is 862. The van der Waals surface area contributed by atoms with Crippen molar-refractivity contribution in [2.24, 2.45) is 4.99 Å². The molecule has 26 heavy (non-hydrogen) atoms. The molecule has 0 saturated heterocycles. The van der Waals surface area contributed by atoms with Crippen molar-refractivity contribution in [1.82, 2.24) is 9.97 Å². The van der Waals surface area contributed by atoms with E-state index in [1.165, 1.54) is 0 Å². The Morgan fingerprint density at radius 1 is 0.885 bits per heavy atom. The van der Waals surface area contributed by atoms with Crippen LogP contribution in [0.5, 0.6) is 5.75 Å². The maximum Gasteiger partial charge on any atom is 0.242 e. The zero-order valence-corrected chi connectivity index (χ0v) is 16.6.